The zero-order valence-electron chi connectivity index (χ0n) is 14.9. The number of unbranched alkanes of at least 4 members (excludes halogenated alkanes) is 2. The zero-order valence-corrected chi connectivity index (χ0v) is 14.9. The first kappa shape index (κ1) is 17.1. The molecule has 3 rings (SSSR count). The molecule has 0 amide bonds. The second kappa shape index (κ2) is 7.42. The maximum Gasteiger partial charge on any atom is 0.222 e. The number of fused-ring (bicyclic) bond motifs is 1. The predicted molar refractivity (Wildman–Crippen MR) is 105 cm³/mol. The second-order valence-electron chi connectivity index (χ2n) is 6.43. The van der Waals surface area contributed by atoms with Crippen LogP contribution in [0.2, 0.25) is 0 Å². The molecule has 1 aromatic carbocycles. The van der Waals surface area contributed by atoms with Crippen molar-refractivity contribution in [3.8, 4) is 0 Å². The number of aromatic nitrogens is 3. The predicted octanol–water partition coefficient (Wildman–Crippen LogP) is 3.55. The van der Waals surface area contributed by atoms with E-state index in [1.165, 1.54) is 24.0 Å². The van der Waals surface area contributed by atoms with E-state index in [2.05, 4.69) is 39.8 Å². The maximum absolute atomic E-state index is 5.95. The van der Waals surface area contributed by atoms with Crippen LogP contribution < -0.4 is 16.8 Å². The molecule has 0 aliphatic rings. The van der Waals surface area contributed by atoms with Gasteiger partial charge in [0.2, 0.25) is 5.95 Å². The maximum atomic E-state index is 5.95. The summed E-state index contributed by atoms with van der Waals surface area (Å²) in [5.41, 5.74) is 16.8. The van der Waals surface area contributed by atoms with Gasteiger partial charge < -0.3 is 21.4 Å². The fraction of sp³-hybridized carbons (Fsp3) is 0.368. The third-order valence-electron chi connectivity index (χ3n) is 4.41. The third kappa shape index (κ3) is 3.84. The molecule has 2 aromatic heterocycles. The molecule has 132 valence electrons. The Hall–Kier alpha value is -2.76. The van der Waals surface area contributed by atoms with E-state index in [-0.39, 0.29) is 0 Å². The summed E-state index contributed by atoms with van der Waals surface area (Å²) in [4.78, 5) is 8.79. The van der Waals surface area contributed by atoms with Crippen LogP contribution >= 0.6 is 0 Å². The highest BCUT2D eigenvalue weighted by molar-refractivity contribution is 5.87. The van der Waals surface area contributed by atoms with Crippen LogP contribution in [0.1, 0.15) is 37.3 Å². The Morgan fingerprint density at radius 2 is 1.96 bits per heavy atom. The van der Waals surface area contributed by atoms with Crippen molar-refractivity contribution in [3.05, 3.63) is 41.6 Å². The highest BCUT2D eigenvalue weighted by atomic mass is 15.1. The van der Waals surface area contributed by atoms with Crippen molar-refractivity contribution in [2.45, 2.75) is 39.7 Å². The molecule has 0 spiro atoms. The number of nitrogens with two attached hydrogens (primary N) is 2. The average molecular weight is 338 g/mol. The van der Waals surface area contributed by atoms with E-state index in [0.29, 0.717) is 5.95 Å². The molecular weight excluding hydrogens is 312 g/mol. The van der Waals surface area contributed by atoms with Gasteiger partial charge >= 0.3 is 0 Å². The third-order valence-corrected chi connectivity index (χ3v) is 4.41. The van der Waals surface area contributed by atoms with Gasteiger partial charge in [-0.15, -0.1) is 0 Å². The number of rotatable bonds is 7. The van der Waals surface area contributed by atoms with Gasteiger partial charge in [0.05, 0.1) is 5.52 Å². The second-order valence-corrected chi connectivity index (χ2v) is 6.43. The molecule has 0 saturated heterocycles. The Bertz CT molecular complexity index is 868. The number of aryl methyl sites for hydroxylation is 1. The van der Waals surface area contributed by atoms with Crippen molar-refractivity contribution < 1.29 is 0 Å². The first-order valence-electron chi connectivity index (χ1n) is 8.79. The van der Waals surface area contributed by atoms with Gasteiger partial charge in [0.1, 0.15) is 5.52 Å². The van der Waals surface area contributed by atoms with Gasteiger partial charge in [-0.25, -0.2) is 4.98 Å². The van der Waals surface area contributed by atoms with Crippen LogP contribution in [-0.4, -0.2) is 21.1 Å². The summed E-state index contributed by atoms with van der Waals surface area (Å²) in [5, 5.41) is 3.42. The summed E-state index contributed by atoms with van der Waals surface area (Å²) in [6.07, 6.45) is 5.52. The van der Waals surface area contributed by atoms with Gasteiger partial charge in [0.25, 0.3) is 0 Å². The zero-order chi connectivity index (χ0) is 17.8. The highest BCUT2D eigenvalue weighted by Gasteiger charge is 2.12. The van der Waals surface area contributed by atoms with Gasteiger partial charge in [-0.05, 0) is 42.7 Å². The summed E-state index contributed by atoms with van der Waals surface area (Å²) in [6, 6.07) is 7.98. The Morgan fingerprint density at radius 1 is 1.12 bits per heavy atom. The van der Waals surface area contributed by atoms with Crippen molar-refractivity contribution in [2.24, 2.45) is 0 Å². The fourth-order valence-electron chi connectivity index (χ4n) is 3.01. The molecule has 0 radical (unpaired) electrons. The normalized spacial score (nSPS) is 11.1. The Morgan fingerprint density at radius 3 is 2.76 bits per heavy atom. The van der Waals surface area contributed by atoms with Crippen LogP contribution in [0.15, 0.2) is 30.5 Å². The van der Waals surface area contributed by atoms with Crippen molar-refractivity contribution in [3.63, 3.8) is 0 Å². The molecular formula is C19H26N6. The minimum absolute atomic E-state index is 0.295. The molecule has 0 atom stereocenters. The lowest BCUT2D eigenvalue weighted by atomic mass is 10.1. The number of nitrogens with one attached hydrogen (secondary N) is 1. The van der Waals surface area contributed by atoms with E-state index in [4.69, 9.17) is 11.5 Å². The number of hydrogen-bond acceptors (Lipinski definition) is 5. The van der Waals surface area contributed by atoms with Crippen molar-refractivity contribution in [1.82, 2.24) is 14.5 Å². The Kier molecular flexibility index (Phi) is 5.07. The molecule has 0 aliphatic heterocycles. The molecule has 5 N–H and O–H groups in total. The van der Waals surface area contributed by atoms with Gasteiger partial charge in [0.15, 0.2) is 5.82 Å². The van der Waals surface area contributed by atoms with Gasteiger partial charge in [-0.2, -0.15) is 4.98 Å². The lowest BCUT2D eigenvalue weighted by molar-refractivity contribution is 0.742. The highest BCUT2D eigenvalue weighted by Crippen LogP contribution is 2.25. The van der Waals surface area contributed by atoms with Crippen LogP contribution in [0, 0.1) is 6.92 Å². The van der Waals surface area contributed by atoms with Crippen LogP contribution in [-0.2, 0) is 6.54 Å². The largest absolute Gasteiger partial charge is 0.399 e. The molecule has 3 aromatic rings. The summed E-state index contributed by atoms with van der Waals surface area (Å²) in [7, 11) is 0. The lowest BCUT2D eigenvalue weighted by Gasteiger charge is -2.13. The summed E-state index contributed by atoms with van der Waals surface area (Å²) in [6.45, 7) is 5.89. The van der Waals surface area contributed by atoms with Crippen molar-refractivity contribution in [1.29, 1.82) is 0 Å². The summed E-state index contributed by atoms with van der Waals surface area (Å²) < 4.78 is 2.15. The first-order valence-corrected chi connectivity index (χ1v) is 8.79. The molecule has 0 unspecified atom stereocenters. The molecule has 0 saturated carbocycles. The van der Waals surface area contributed by atoms with E-state index in [9.17, 15) is 0 Å². The minimum atomic E-state index is 0.295. The van der Waals surface area contributed by atoms with E-state index in [0.717, 1.165) is 42.0 Å². The smallest absolute Gasteiger partial charge is 0.222 e. The molecule has 25 heavy (non-hydrogen) atoms. The number of nitrogens with zero attached hydrogens (tertiary/aromatic N) is 3. The topological polar surface area (TPSA) is 94.8 Å². The molecule has 2 heterocycles. The molecule has 0 fully saturated rings. The van der Waals surface area contributed by atoms with Crippen LogP contribution in [0.25, 0.3) is 11.0 Å². The van der Waals surface area contributed by atoms with E-state index >= 15 is 0 Å². The average Bonchev–Trinajstić information content (AvgIpc) is 2.97. The van der Waals surface area contributed by atoms with Gasteiger partial charge in [0, 0.05) is 25.0 Å². The van der Waals surface area contributed by atoms with E-state index in [1.54, 1.807) is 0 Å². The van der Waals surface area contributed by atoms with Crippen molar-refractivity contribution in [2.75, 3.05) is 23.3 Å². The quantitative estimate of drug-likeness (QED) is 0.452. The number of hydrogen-bond donors (Lipinski definition) is 3. The van der Waals surface area contributed by atoms with Gasteiger partial charge in [-0.1, -0.05) is 25.8 Å². The summed E-state index contributed by atoms with van der Waals surface area (Å²) in [5.74, 6) is 1.09. The Labute approximate surface area is 148 Å². The molecule has 0 bridgehead atoms. The monoisotopic (exact) mass is 338 g/mol. The van der Waals surface area contributed by atoms with E-state index < -0.39 is 0 Å². The summed E-state index contributed by atoms with van der Waals surface area (Å²) >= 11 is 0. The molecule has 6 heteroatoms. The van der Waals surface area contributed by atoms with Gasteiger partial charge in [-0.3, -0.25) is 0 Å². The number of anilines is 3. The van der Waals surface area contributed by atoms with E-state index in [1.807, 2.05) is 24.4 Å². The minimum Gasteiger partial charge on any atom is -0.399 e. The Balaban J connectivity index is 1.94. The fourth-order valence-corrected chi connectivity index (χ4v) is 3.01. The van der Waals surface area contributed by atoms with Crippen LogP contribution in [0.5, 0.6) is 0 Å². The van der Waals surface area contributed by atoms with Crippen molar-refractivity contribution >= 4 is 28.5 Å². The lowest BCUT2D eigenvalue weighted by Crippen LogP contribution is -2.09. The SMILES string of the molecule is CCCCCNc1nc(N)nc2ccn(Cc3cc(N)ccc3C)c12. The standard InChI is InChI=1S/C19H26N6/c1-3-4-5-9-22-18-17-16(23-19(21)24-18)8-10-25(17)12-14-11-15(20)7-6-13(14)2/h6-8,10-11H,3-5,9,12,20H2,1-2H3,(H3,21,22,23,24). The first-order chi connectivity index (χ1) is 12.1. The molecule has 6 nitrogen and oxygen atoms in total. The molecule has 0 aliphatic carbocycles. The van der Waals surface area contributed by atoms with Crippen LogP contribution in [0.4, 0.5) is 17.5 Å². The number of benzene rings is 1. The number of nitrogen functional groups attached to an aromatic ring is 2. The van der Waals surface area contributed by atoms with Crippen LogP contribution in [0.3, 0.4) is 0 Å².